The van der Waals surface area contributed by atoms with E-state index < -0.39 is 6.09 Å². The van der Waals surface area contributed by atoms with Gasteiger partial charge < -0.3 is 20.2 Å². The summed E-state index contributed by atoms with van der Waals surface area (Å²) in [4.78, 5) is 28.2. The summed E-state index contributed by atoms with van der Waals surface area (Å²) in [5.41, 5.74) is 1.94. The maximum atomic E-state index is 11.4. The number of aromatic nitrogens is 5. The predicted octanol–water partition coefficient (Wildman–Crippen LogP) is 2.90. The van der Waals surface area contributed by atoms with Crippen LogP contribution in [0.25, 0.3) is 16.7 Å². The SMILES string of the molecule is O=C(O)N1C[C@@H]2C[C@H]1CN2c1ccnc(-n2nc(Nc3cnccn3)c3ccccc32)c1. The number of hydrogen-bond acceptors (Lipinski definition) is 7. The summed E-state index contributed by atoms with van der Waals surface area (Å²) in [6, 6.07) is 12.2. The van der Waals surface area contributed by atoms with E-state index in [-0.39, 0.29) is 12.1 Å². The number of nitrogens with one attached hydrogen (secondary N) is 1. The first kappa shape index (κ1) is 18.6. The Hall–Kier alpha value is -4.21. The van der Waals surface area contributed by atoms with E-state index in [0.29, 0.717) is 30.5 Å². The molecule has 0 radical (unpaired) electrons. The molecular formula is C22H20N8O2. The Morgan fingerprint density at radius 3 is 2.75 bits per heavy atom. The molecule has 10 heteroatoms. The van der Waals surface area contributed by atoms with Gasteiger partial charge >= 0.3 is 6.09 Å². The van der Waals surface area contributed by atoms with E-state index in [9.17, 15) is 9.90 Å². The molecule has 0 saturated carbocycles. The highest BCUT2D eigenvalue weighted by atomic mass is 16.4. The van der Waals surface area contributed by atoms with Gasteiger partial charge in [0.1, 0.15) is 5.82 Å². The molecule has 4 aromatic rings. The van der Waals surface area contributed by atoms with Gasteiger partial charge in [-0.3, -0.25) is 4.98 Å². The van der Waals surface area contributed by atoms with Crippen LogP contribution in [0.15, 0.2) is 61.2 Å². The molecule has 2 bridgehead atoms. The number of nitrogens with zero attached hydrogens (tertiary/aromatic N) is 7. The lowest BCUT2D eigenvalue weighted by atomic mass is 10.2. The van der Waals surface area contributed by atoms with Crippen molar-refractivity contribution in [2.75, 3.05) is 23.3 Å². The van der Waals surface area contributed by atoms with E-state index in [2.05, 4.69) is 25.2 Å². The summed E-state index contributed by atoms with van der Waals surface area (Å²) in [5, 5.41) is 18.3. The topological polar surface area (TPSA) is 112 Å². The second-order valence-electron chi connectivity index (χ2n) is 8.00. The monoisotopic (exact) mass is 428 g/mol. The molecule has 2 N–H and O–H groups in total. The molecule has 5 heterocycles. The minimum Gasteiger partial charge on any atom is -0.465 e. The minimum absolute atomic E-state index is 0.0439. The van der Waals surface area contributed by atoms with Gasteiger partial charge in [-0.25, -0.2) is 19.4 Å². The number of piperazine rings is 1. The Kier molecular flexibility index (Phi) is 4.17. The fourth-order valence-corrected chi connectivity index (χ4v) is 4.74. The van der Waals surface area contributed by atoms with E-state index in [1.807, 2.05) is 41.1 Å². The molecule has 2 aliphatic heterocycles. The number of para-hydroxylation sites is 1. The average Bonchev–Trinajstić information content (AvgIpc) is 3.53. The number of benzene rings is 1. The first-order chi connectivity index (χ1) is 15.7. The standard InChI is InChI=1S/C22H20N8O2/c31-22(32)29-13-15-9-16(29)12-28(15)14-5-6-25-20(10-14)30-18-4-2-1-3-17(18)21(27-30)26-19-11-23-7-8-24-19/h1-8,10-11,15-16H,9,12-13H2,(H,31,32)(H,24,26,27)/t15-,16-/m0/s1. The second-order valence-corrected chi connectivity index (χ2v) is 8.00. The normalized spacial score (nSPS) is 19.6. The van der Waals surface area contributed by atoms with Gasteiger partial charge in [0, 0.05) is 54.9 Å². The van der Waals surface area contributed by atoms with Crippen molar-refractivity contribution >= 4 is 34.3 Å². The Labute approximate surface area is 183 Å². The van der Waals surface area contributed by atoms with Gasteiger partial charge in [0.15, 0.2) is 11.6 Å². The van der Waals surface area contributed by atoms with Crippen LogP contribution in [-0.4, -0.2) is 66.0 Å². The summed E-state index contributed by atoms with van der Waals surface area (Å²) >= 11 is 0. The fraction of sp³-hybridized carbons (Fsp3) is 0.227. The van der Waals surface area contributed by atoms with E-state index in [4.69, 9.17) is 5.10 Å². The third kappa shape index (κ3) is 2.99. The quantitative estimate of drug-likeness (QED) is 0.510. The van der Waals surface area contributed by atoms with Crippen LogP contribution in [0.2, 0.25) is 0 Å². The number of rotatable bonds is 4. The molecule has 32 heavy (non-hydrogen) atoms. The molecule has 2 atom stereocenters. The van der Waals surface area contributed by atoms with Crippen molar-refractivity contribution in [3.8, 4) is 5.82 Å². The minimum atomic E-state index is -0.835. The zero-order valence-corrected chi connectivity index (χ0v) is 17.0. The molecule has 2 aliphatic rings. The van der Waals surface area contributed by atoms with Crippen molar-refractivity contribution in [3.63, 3.8) is 0 Å². The lowest BCUT2D eigenvalue weighted by molar-refractivity contribution is 0.137. The molecule has 3 aromatic heterocycles. The van der Waals surface area contributed by atoms with Crippen LogP contribution >= 0.6 is 0 Å². The van der Waals surface area contributed by atoms with Crippen molar-refractivity contribution in [1.82, 2.24) is 29.6 Å². The Bertz CT molecular complexity index is 1310. The number of hydrogen-bond donors (Lipinski definition) is 2. The molecule has 2 saturated heterocycles. The Balaban J connectivity index is 1.35. The Morgan fingerprint density at radius 1 is 1.06 bits per heavy atom. The van der Waals surface area contributed by atoms with Gasteiger partial charge in [-0.1, -0.05) is 12.1 Å². The van der Waals surface area contributed by atoms with Crippen LogP contribution in [0.1, 0.15) is 6.42 Å². The number of anilines is 3. The van der Waals surface area contributed by atoms with Crippen LogP contribution in [0.3, 0.4) is 0 Å². The van der Waals surface area contributed by atoms with E-state index in [1.54, 1.807) is 29.7 Å². The van der Waals surface area contributed by atoms with E-state index in [0.717, 1.165) is 23.0 Å². The van der Waals surface area contributed by atoms with E-state index in [1.165, 1.54) is 0 Å². The van der Waals surface area contributed by atoms with Crippen LogP contribution in [0, 0.1) is 0 Å². The lowest BCUT2D eigenvalue weighted by Crippen LogP contribution is -2.48. The van der Waals surface area contributed by atoms with Crippen LogP contribution < -0.4 is 10.2 Å². The summed E-state index contributed by atoms with van der Waals surface area (Å²) < 4.78 is 1.81. The first-order valence-corrected chi connectivity index (χ1v) is 10.4. The van der Waals surface area contributed by atoms with Crippen molar-refractivity contribution in [2.24, 2.45) is 0 Å². The summed E-state index contributed by atoms with van der Waals surface area (Å²) in [6.07, 6.45) is 6.70. The van der Waals surface area contributed by atoms with Crippen LogP contribution in [-0.2, 0) is 0 Å². The number of amides is 1. The van der Waals surface area contributed by atoms with Gasteiger partial charge in [-0.2, -0.15) is 0 Å². The molecule has 0 aliphatic carbocycles. The maximum absolute atomic E-state index is 11.4. The first-order valence-electron chi connectivity index (χ1n) is 10.4. The fourth-order valence-electron chi connectivity index (χ4n) is 4.74. The molecule has 0 unspecified atom stereocenters. The molecule has 10 nitrogen and oxygen atoms in total. The molecule has 1 amide bonds. The van der Waals surface area contributed by atoms with Gasteiger partial charge in [-0.05, 0) is 24.6 Å². The zero-order chi connectivity index (χ0) is 21.7. The van der Waals surface area contributed by atoms with E-state index >= 15 is 0 Å². The molecular weight excluding hydrogens is 408 g/mol. The molecule has 0 spiro atoms. The third-order valence-electron chi connectivity index (χ3n) is 6.16. The highest BCUT2D eigenvalue weighted by Gasteiger charge is 2.45. The van der Waals surface area contributed by atoms with Crippen molar-refractivity contribution in [3.05, 3.63) is 61.2 Å². The number of pyridine rings is 1. The summed E-state index contributed by atoms with van der Waals surface area (Å²) in [7, 11) is 0. The Morgan fingerprint density at radius 2 is 1.97 bits per heavy atom. The third-order valence-corrected chi connectivity index (χ3v) is 6.16. The summed E-state index contributed by atoms with van der Waals surface area (Å²) in [5.74, 6) is 1.98. The van der Waals surface area contributed by atoms with Crippen LogP contribution in [0.5, 0.6) is 0 Å². The number of carboxylic acid groups (broad SMARTS) is 1. The number of likely N-dealkylation sites (tertiary alicyclic amines) is 1. The number of fused-ring (bicyclic) bond motifs is 3. The van der Waals surface area contributed by atoms with Gasteiger partial charge in [0.25, 0.3) is 0 Å². The van der Waals surface area contributed by atoms with Crippen molar-refractivity contribution < 1.29 is 9.90 Å². The van der Waals surface area contributed by atoms with Crippen molar-refractivity contribution in [1.29, 1.82) is 0 Å². The lowest BCUT2D eigenvalue weighted by Gasteiger charge is -2.34. The highest BCUT2D eigenvalue weighted by molar-refractivity contribution is 5.92. The second kappa shape index (κ2) is 7.19. The zero-order valence-electron chi connectivity index (χ0n) is 17.0. The largest absolute Gasteiger partial charge is 0.465 e. The van der Waals surface area contributed by atoms with Gasteiger partial charge in [0.2, 0.25) is 0 Å². The van der Waals surface area contributed by atoms with Crippen LogP contribution in [0.4, 0.5) is 22.1 Å². The molecule has 6 rings (SSSR count). The van der Waals surface area contributed by atoms with Gasteiger partial charge in [0.05, 0.1) is 17.8 Å². The highest BCUT2D eigenvalue weighted by Crippen LogP contribution is 2.35. The van der Waals surface area contributed by atoms with Crippen molar-refractivity contribution in [2.45, 2.75) is 18.5 Å². The number of carbonyl (C=O) groups is 1. The van der Waals surface area contributed by atoms with Gasteiger partial charge in [-0.15, -0.1) is 5.10 Å². The molecule has 1 aromatic carbocycles. The predicted molar refractivity (Wildman–Crippen MR) is 118 cm³/mol. The molecule has 2 fully saturated rings. The summed E-state index contributed by atoms with van der Waals surface area (Å²) in [6.45, 7) is 1.23. The average molecular weight is 428 g/mol. The smallest absolute Gasteiger partial charge is 0.407 e. The molecule has 160 valence electrons. The maximum Gasteiger partial charge on any atom is 0.407 e.